The van der Waals surface area contributed by atoms with Gasteiger partial charge in [-0.3, -0.25) is 4.79 Å². The van der Waals surface area contributed by atoms with Gasteiger partial charge in [0.15, 0.2) is 0 Å². The molecule has 0 aliphatic heterocycles. The Hall–Kier alpha value is -2.84. The average Bonchev–Trinajstić information content (AvgIpc) is 3.48. The molecule has 5 rings (SSSR count). The van der Waals surface area contributed by atoms with Crippen molar-refractivity contribution in [3.05, 3.63) is 52.8 Å². The fourth-order valence-electron chi connectivity index (χ4n) is 5.16. The lowest BCUT2D eigenvalue weighted by atomic mass is 9.63. The van der Waals surface area contributed by atoms with Crippen molar-refractivity contribution in [2.75, 3.05) is 5.32 Å². The number of aryl methyl sites for hydroxylation is 1. The van der Waals surface area contributed by atoms with Crippen LogP contribution in [0.3, 0.4) is 0 Å². The summed E-state index contributed by atoms with van der Waals surface area (Å²) in [5, 5.41) is 24.9. The second kappa shape index (κ2) is 8.43. The number of pyridine rings is 2. The number of carboxylic acid groups (broad SMARTS) is 1. The largest absolute Gasteiger partial charge is 0.481 e. The summed E-state index contributed by atoms with van der Waals surface area (Å²) < 4.78 is 0. The van der Waals surface area contributed by atoms with Crippen molar-refractivity contribution in [3.8, 4) is 10.6 Å². The number of aromatic nitrogens is 3. The fraction of sp³-hybridized carbons (Fsp3) is 0.462. The molecule has 0 aromatic carbocycles. The Morgan fingerprint density at radius 3 is 2.65 bits per heavy atom. The van der Waals surface area contributed by atoms with E-state index in [4.69, 9.17) is 4.98 Å². The van der Waals surface area contributed by atoms with Crippen LogP contribution in [0.5, 0.6) is 0 Å². The van der Waals surface area contributed by atoms with Crippen molar-refractivity contribution < 1.29 is 15.0 Å². The molecular weight excluding hydrogens is 448 g/mol. The number of rotatable bonds is 6. The first-order valence-corrected chi connectivity index (χ1v) is 12.6. The van der Waals surface area contributed by atoms with E-state index in [1.165, 1.54) is 29.7 Å². The first kappa shape index (κ1) is 22.9. The van der Waals surface area contributed by atoms with E-state index < -0.39 is 22.9 Å². The zero-order chi connectivity index (χ0) is 24.1. The molecule has 2 atom stereocenters. The van der Waals surface area contributed by atoms with Gasteiger partial charge < -0.3 is 15.5 Å². The maximum atomic E-state index is 11.6. The van der Waals surface area contributed by atoms with Gasteiger partial charge in [-0.15, -0.1) is 11.3 Å². The minimum Gasteiger partial charge on any atom is -0.481 e. The molecule has 3 heterocycles. The minimum absolute atomic E-state index is 0.362. The van der Waals surface area contributed by atoms with E-state index in [0.717, 1.165) is 22.0 Å². The number of aliphatic hydroxyl groups is 1. The Balaban J connectivity index is 1.38. The van der Waals surface area contributed by atoms with Crippen molar-refractivity contribution in [2.45, 2.75) is 64.4 Å². The Kier molecular flexibility index (Phi) is 5.68. The van der Waals surface area contributed by atoms with Crippen molar-refractivity contribution in [1.82, 2.24) is 15.0 Å². The Bertz CT molecular complexity index is 1240. The molecule has 2 aliphatic carbocycles. The number of aliphatic carboxylic acids is 1. The zero-order valence-corrected chi connectivity index (χ0v) is 20.5. The molecule has 0 bridgehead atoms. The number of carboxylic acids is 1. The highest BCUT2D eigenvalue weighted by atomic mass is 32.1. The molecule has 3 aromatic rings. The molecule has 34 heavy (non-hydrogen) atoms. The number of anilines is 2. The van der Waals surface area contributed by atoms with Gasteiger partial charge in [0.1, 0.15) is 22.2 Å². The summed E-state index contributed by atoms with van der Waals surface area (Å²) in [5.74, 6) is 0.887. The topological polar surface area (TPSA) is 108 Å². The van der Waals surface area contributed by atoms with E-state index in [2.05, 4.69) is 27.4 Å². The quantitative estimate of drug-likeness (QED) is 0.421. The third-order valence-corrected chi connectivity index (χ3v) is 8.26. The van der Waals surface area contributed by atoms with Crippen LogP contribution in [0.15, 0.2) is 36.7 Å². The molecule has 0 amide bonds. The van der Waals surface area contributed by atoms with Gasteiger partial charge in [0, 0.05) is 12.4 Å². The number of nitrogens with zero attached hydrogens (tertiary/aromatic N) is 3. The van der Waals surface area contributed by atoms with Crippen LogP contribution in [0.4, 0.5) is 11.6 Å². The van der Waals surface area contributed by atoms with Gasteiger partial charge in [-0.2, -0.15) is 0 Å². The van der Waals surface area contributed by atoms with Gasteiger partial charge in [-0.1, -0.05) is 13.8 Å². The van der Waals surface area contributed by atoms with E-state index in [9.17, 15) is 15.0 Å². The molecular formula is C26H30N4O3S. The van der Waals surface area contributed by atoms with Gasteiger partial charge in [0.25, 0.3) is 0 Å². The molecule has 7 nitrogen and oxygen atoms in total. The van der Waals surface area contributed by atoms with Crippen LogP contribution >= 0.6 is 11.3 Å². The average molecular weight is 479 g/mol. The third-order valence-electron chi connectivity index (χ3n) is 7.05. The monoisotopic (exact) mass is 478 g/mol. The van der Waals surface area contributed by atoms with Gasteiger partial charge in [-0.05, 0) is 85.8 Å². The van der Waals surface area contributed by atoms with Gasteiger partial charge in [0.05, 0.1) is 16.5 Å². The predicted octanol–water partition coefficient (Wildman–Crippen LogP) is 5.63. The van der Waals surface area contributed by atoms with E-state index in [0.29, 0.717) is 36.0 Å². The number of carbonyl (C=O) groups is 1. The summed E-state index contributed by atoms with van der Waals surface area (Å²) in [4.78, 5) is 26.3. The first-order chi connectivity index (χ1) is 16.1. The van der Waals surface area contributed by atoms with Crippen LogP contribution in [-0.4, -0.2) is 31.1 Å². The molecule has 0 unspecified atom stereocenters. The maximum Gasteiger partial charge on any atom is 0.307 e. The minimum atomic E-state index is -1.13. The lowest BCUT2D eigenvalue weighted by Crippen LogP contribution is -2.44. The molecule has 0 spiro atoms. The Labute approximate surface area is 203 Å². The summed E-state index contributed by atoms with van der Waals surface area (Å²) in [6, 6.07) is 8.16. The molecule has 2 aliphatic rings. The molecule has 0 radical (unpaired) electrons. The summed E-state index contributed by atoms with van der Waals surface area (Å²) in [6.07, 6.45) is 7.25. The summed E-state index contributed by atoms with van der Waals surface area (Å²) in [7, 11) is 0. The number of hydrogen-bond donors (Lipinski definition) is 3. The highest BCUT2D eigenvalue weighted by molar-refractivity contribution is 7.15. The molecule has 8 heteroatoms. The second-order valence-corrected chi connectivity index (χ2v) is 11.5. The van der Waals surface area contributed by atoms with Crippen LogP contribution in [0.25, 0.3) is 10.6 Å². The van der Waals surface area contributed by atoms with Crippen LogP contribution < -0.4 is 5.32 Å². The van der Waals surface area contributed by atoms with Crippen LogP contribution in [0, 0.1) is 18.3 Å². The molecule has 3 aromatic heterocycles. The second-order valence-electron chi connectivity index (χ2n) is 10.4. The van der Waals surface area contributed by atoms with Crippen LogP contribution in [-0.2, 0) is 10.4 Å². The molecule has 3 N–H and O–H groups in total. The molecule has 178 valence electrons. The number of nitrogens with one attached hydrogen (secondary N) is 1. The molecule has 0 saturated heterocycles. The SMILES string of the molecule is Cc1cc(Nc2cc(C3CC3)ccn2)nc(-c2cnc([C@]3(O)CC[C@@H](C(=O)O)C(C)(C)C3)s2)c1. The molecule has 2 saturated carbocycles. The van der Waals surface area contributed by atoms with Crippen LogP contribution in [0.2, 0.25) is 0 Å². The van der Waals surface area contributed by atoms with E-state index in [-0.39, 0.29) is 0 Å². The predicted molar refractivity (Wildman–Crippen MR) is 132 cm³/mol. The first-order valence-electron chi connectivity index (χ1n) is 11.8. The van der Waals surface area contributed by atoms with Crippen molar-refractivity contribution in [3.63, 3.8) is 0 Å². The van der Waals surface area contributed by atoms with Gasteiger partial charge in [-0.25, -0.2) is 15.0 Å². The van der Waals surface area contributed by atoms with Crippen molar-refractivity contribution in [1.29, 1.82) is 0 Å². The fourth-order valence-corrected chi connectivity index (χ4v) is 6.15. The lowest BCUT2D eigenvalue weighted by Gasteiger charge is -2.44. The number of hydrogen-bond acceptors (Lipinski definition) is 7. The highest BCUT2D eigenvalue weighted by Gasteiger charge is 2.49. The van der Waals surface area contributed by atoms with Crippen molar-refractivity contribution in [2.24, 2.45) is 11.3 Å². The number of thiazole rings is 1. The highest BCUT2D eigenvalue weighted by Crippen LogP contribution is 2.50. The smallest absolute Gasteiger partial charge is 0.307 e. The van der Waals surface area contributed by atoms with E-state index in [1.54, 1.807) is 6.20 Å². The van der Waals surface area contributed by atoms with E-state index >= 15 is 0 Å². The van der Waals surface area contributed by atoms with Gasteiger partial charge >= 0.3 is 5.97 Å². The van der Waals surface area contributed by atoms with Gasteiger partial charge in [0.2, 0.25) is 0 Å². The Morgan fingerprint density at radius 1 is 1.15 bits per heavy atom. The molecule has 2 fully saturated rings. The Morgan fingerprint density at radius 2 is 1.94 bits per heavy atom. The lowest BCUT2D eigenvalue weighted by molar-refractivity contribution is -0.154. The standard InChI is InChI=1S/C26H30N4O3S/c1-15-10-19(29-22(11-15)30-21-12-17(7-9-27-21)16-4-5-16)20-13-28-24(34-20)26(33)8-6-18(23(31)32)25(2,3)14-26/h7,9-13,16,18,33H,4-6,8,14H2,1-3H3,(H,31,32)(H,27,29,30)/t18-,26-/m0/s1. The summed E-state index contributed by atoms with van der Waals surface area (Å²) >= 11 is 1.43. The van der Waals surface area contributed by atoms with Crippen molar-refractivity contribution >= 4 is 28.9 Å². The zero-order valence-electron chi connectivity index (χ0n) is 19.7. The summed E-state index contributed by atoms with van der Waals surface area (Å²) in [6.45, 7) is 5.85. The third kappa shape index (κ3) is 4.57. The van der Waals surface area contributed by atoms with E-state index in [1.807, 2.05) is 39.1 Å². The maximum absolute atomic E-state index is 11.6. The van der Waals surface area contributed by atoms with Crippen LogP contribution in [0.1, 0.15) is 68.0 Å². The summed E-state index contributed by atoms with van der Waals surface area (Å²) in [5.41, 5.74) is 1.50. The normalized spacial score (nSPS) is 24.1.